The summed E-state index contributed by atoms with van der Waals surface area (Å²) in [5.74, 6) is 0.205. The van der Waals surface area contributed by atoms with Gasteiger partial charge < -0.3 is 15.0 Å². The highest BCUT2D eigenvalue weighted by Gasteiger charge is 2.31. The minimum atomic E-state index is -0.338. The first-order valence-electron chi connectivity index (χ1n) is 12.5. The molecule has 0 aliphatic carbocycles. The molecule has 7 nitrogen and oxygen atoms in total. The number of benzene rings is 3. The van der Waals surface area contributed by atoms with Crippen LogP contribution in [-0.4, -0.2) is 38.1 Å². The summed E-state index contributed by atoms with van der Waals surface area (Å²) in [5, 5.41) is 22.8. The number of phenols is 1. The van der Waals surface area contributed by atoms with Gasteiger partial charge in [-0.2, -0.15) is 5.26 Å². The molecule has 2 N–H and O–H groups in total. The standard InChI is InChI=1S/C30H28ClN5O2/c31-26-3-1-2-23(12-26)18-35-19-25-13-28(37)9-8-24(25)14-29(35)30(38)34-11-10-27-16-33-20-36(27)17-22-6-4-21(15-32)5-7-22/h1-9,12-13,16,20,29,37H,10-11,14,17-19H2,(H,34,38)/t29-/m0/s1. The molecule has 1 aliphatic rings. The molecule has 0 fully saturated rings. The van der Waals surface area contributed by atoms with Crippen molar-refractivity contribution >= 4 is 17.5 Å². The molecule has 0 saturated carbocycles. The van der Waals surface area contributed by atoms with Crippen molar-refractivity contribution in [2.75, 3.05) is 6.54 Å². The molecule has 0 bridgehead atoms. The molecule has 3 aromatic carbocycles. The van der Waals surface area contributed by atoms with E-state index in [1.165, 1.54) is 0 Å². The maximum absolute atomic E-state index is 13.4. The fourth-order valence-corrected chi connectivity index (χ4v) is 5.14. The van der Waals surface area contributed by atoms with Gasteiger partial charge in [0.2, 0.25) is 5.91 Å². The second-order valence-corrected chi connectivity index (χ2v) is 10.0. The van der Waals surface area contributed by atoms with Gasteiger partial charge in [0, 0.05) is 49.5 Å². The van der Waals surface area contributed by atoms with Gasteiger partial charge in [0.15, 0.2) is 0 Å². The topological polar surface area (TPSA) is 94.2 Å². The summed E-state index contributed by atoms with van der Waals surface area (Å²) in [6.45, 7) is 2.27. The van der Waals surface area contributed by atoms with Crippen molar-refractivity contribution in [1.82, 2.24) is 19.8 Å². The Hall–Kier alpha value is -4.12. The fraction of sp³-hybridized carbons (Fsp3) is 0.233. The minimum absolute atomic E-state index is 0.0242. The lowest BCUT2D eigenvalue weighted by molar-refractivity contribution is -0.127. The summed E-state index contributed by atoms with van der Waals surface area (Å²) in [5.41, 5.74) is 5.87. The van der Waals surface area contributed by atoms with E-state index in [2.05, 4.69) is 25.8 Å². The van der Waals surface area contributed by atoms with Crippen LogP contribution >= 0.6 is 11.6 Å². The molecule has 5 rings (SSSR count). The highest BCUT2D eigenvalue weighted by Crippen LogP contribution is 2.28. The third-order valence-corrected chi connectivity index (χ3v) is 7.14. The first-order valence-corrected chi connectivity index (χ1v) is 12.9. The number of halogens is 1. The average molecular weight is 526 g/mol. The number of imidazole rings is 1. The fourth-order valence-electron chi connectivity index (χ4n) is 4.93. The minimum Gasteiger partial charge on any atom is -0.508 e. The summed E-state index contributed by atoms with van der Waals surface area (Å²) in [6, 6.07) is 22.4. The first kappa shape index (κ1) is 25.5. The maximum Gasteiger partial charge on any atom is 0.237 e. The smallest absolute Gasteiger partial charge is 0.237 e. The number of carbonyl (C=O) groups is 1. The lowest BCUT2D eigenvalue weighted by Gasteiger charge is -2.36. The van der Waals surface area contributed by atoms with Crippen LogP contribution in [0.25, 0.3) is 0 Å². The normalized spacial score (nSPS) is 15.0. The molecule has 0 saturated heterocycles. The number of aromatic hydroxyl groups is 1. The Kier molecular flexibility index (Phi) is 7.73. The quantitative estimate of drug-likeness (QED) is 0.354. The number of rotatable bonds is 8. The Morgan fingerprint density at radius 1 is 1.08 bits per heavy atom. The lowest BCUT2D eigenvalue weighted by atomic mass is 9.92. The number of nitrogens with zero attached hydrogens (tertiary/aromatic N) is 4. The molecule has 0 radical (unpaired) electrons. The zero-order chi connectivity index (χ0) is 26.5. The predicted octanol–water partition coefficient (Wildman–Crippen LogP) is 4.45. The molecule has 38 heavy (non-hydrogen) atoms. The number of carbonyl (C=O) groups excluding carboxylic acids is 1. The van der Waals surface area contributed by atoms with E-state index in [0.29, 0.717) is 49.6 Å². The molecule has 1 amide bonds. The Morgan fingerprint density at radius 3 is 2.71 bits per heavy atom. The van der Waals surface area contributed by atoms with Gasteiger partial charge in [0.1, 0.15) is 5.75 Å². The second kappa shape index (κ2) is 11.5. The Bertz CT molecular complexity index is 1470. The number of amides is 1. The van der Waals surface area contributed by atoms with Crippen LogP contribution in [0.2, 0.25) is 5.02 Å². The van der Waals surface area contributed by atoms with Gasteiger partial charge in [-0.05, 0) is 65.1 Å². The van der Waals surface area contributed by atoms with Crippen molar-refractivity contribution in [2.24, 2.45) is 0 Å². The van der Waals surface area contributed by atoms with E-state index in [1.807, 2.05) is 60.8 Å². The number of nitriles is 1. The van der Waals surface area contributed by atoms with Crippen molar-refractivity contribution in [2.45, 2.75) is 38.5 Å². The van der Waals surface area contributed by atoms with E-state index in [9.17, 15) is 9.90 Å². The SMILES string of the molecule is N#Cc1ccc(Cn2cncc2CCNC(=O)[C@@H]2Cc3ccc(O)cc3CN2Cc2cccc(Cl)c2)cc1. The van der Waals surface area contributed by atoms with Gasteiger partial charge in [-0.3, -0.25) is 9.69 Å². The molecule has 4 aromatic rings. The molecule has 0 spiro atoms. The molecule has 2 heterocycles. The third-order valence-electron chi connectivity index (χ3n) is 6.91. The van der Waals surface area contributed by atoms with Crippen LogP contribution in [0.5, 0.6) is 5.75 Å². The van der Waals surface area contributed by atoms with Gasteiger partial charge in [0.05, 0.1) is 24.0 Å². The number of aromatic nitrogens is 2. The number of phenolic OH excluding ortho intramolecular Hbond substituents is 1. The molecule has 1 atom stereocenters. The van der Waals surface area contributed by atoms with Crippen LogP contribution in [0.15, 0.2) is 79.3 Å². The van der Waals surface area contributed by atoms with Gasteiger partial charge in [0.25, 0.3) is 0 Å². The molecule has 192 valence electrons. The Balaban J connectivity index is 1.25. The highest BCUT2D eigenvalue weighted by atomic mass is 35.5. The summed E-state index contributed by atoms with van der Waals surface area (Å²) < 4.78 is 2.06. The van der Waals surface area contributed by atoms with E-state index in [1.54, 1.807) is 18.5 Å². The van der Waals surface area contributed by atoms with Crippen molar-refractivity contribution in [3.63, 3.8) is 0 Å². The van der Waals surface area contributed by atoms with Gasteiger partial charge in [-0.15, -0.1) is 0 Å². The van der Waals surface area contributed by atoms with Crippen LogP contribution in [0.4, 0.5) is 0 Å². The van der Waals surface area contributed by atoms with E-state index in [0.717, 1.165) is 27.9 Å². The summed E-state index contributed by atoms with van der Waals surface area (Å²) in [6.07, 6.45) is 4.83. The molecule has 1 aromatic heterocycles. The van der Waals surface area contributed by atoms with Crippen molar-refractivity contribution in [1.29, 1.82) is 5.26 Å². The average Bonchev–Trinajstić information content (AvgIpc) is 3.35. The maximum atomic E-state index is 13.4. The van der Waals surface area contributed by atoms with Gasteiger partial charge in [-0.1, -0.05) is 41.9 Å². The molecule has 8 heteroatoms. The van der Waals surface area contributed by atoms with Crippen LogP contribution < -0.4 is 5.32 Å². The van der Waals surface area contributed by atoms with Crippen LogP contribution in [0.3, 0.4) is 0 Å². The van der Waals surface area contributed by atoms with Crippen molar-refractivity contribution < 1.29 is 9.90 Å². The van der Waals surface area contributed by atoms with Gasteiger partial charge >= 0.3 is 0 Å². The number of fused-ring (bicyclic) bond motifs is 1. The predicted molar refractivity (Wildman–Crippen MR) is 145 cm³/mol. The second-order valence-electron chi connectivity index (χ2n) is 9.57. The van der Waals surface area contributed by atoms with Crippen LogP contribution in [0.1, 0.15) is 33.5 Å². The van der Waals surface area contributed by atoms with Crippen molar-refractivity contribution in [3.05, 3.63) is 118 Å². The third kappa shape index (κ3) is 6.05. The zero-order valence-electron chi connectivity index (χ0n) is 20.8. The molecule has 0 unspecified atom stereocenters. The van der Waals surface area contributed by atoms with E-state index >= 15 is 0 Å². The van der Waals surface area contributed by atoms with Gasteiger partial charge in [-0.25, -0.2) is 4.98 Å². The number of nitrogens with one attached hydrogen (secondary N) is 1. The Labute approximate surface area is 226 Å². The summed E-state index contributed by atoms with van der Waals surface area (Å²) in [7, 11) is 0. The lowest BCUT2D eigenvalue weighted by Crippen LogP contribution is -2.50. The molecular weight excluding hydrogens is 498 g/mol. The highest BCUT2D eigenvalue weighted by molar-refractivity contribution is 6.30. The number of hydrogen-bond acceptors (Lipinski definition) is 5. The Morgan fingerprint density at radius 2 is 1.92 bits per heavy atom. The van der Waals surface area contributed by atoms with E-state index < -0.39 is 0 Å². The van der Waals surface area contributed by atoms with E-state index in [4.69, 9.17) is 16.9 Å². The van der Waals surface area contributed by atoms with Crippen LogP contribution in [-0.2, 0) is 37.3 Å². The molecular formula is C30H28ClN5O2. The van der Waals surface area contributed by atoms with E-state index in [-0.39, 0.29) is 17.7 Å². The largest absolute Gasteiger partial charge is 0.508 e. The van der Waals surface area contributed by atoms with Crippen LogP contribution in [0, 0.1) is 11.3 Å². The summed E-state index contributed by atoms with van der Waals surface area (Å²) in [4.78, 5) is 19.9. The zero-order valence-corrected chi connectivity index (χ0v) is 21.6. The first-order chi connectivity index (χ1) is 18.5. The summed E-state index contributed by atoms with van der Waals surface area (Å²) >= 11 is 6.21. The number of hydrogen-bond donors (Lipinski definition) is 2. The molecule has 1 aliphatic heterocycles. The monoisotopic (exact) mass is 525 g/mol. The van der Waals surface area contributed by atoms with Crippen molar-refractivity contribution in [3.8, 4) is 11.8 Å².